The van der Waals surface area contributed by atoms with E-state index in [-0.39, 0.29) is 64.8 Å². The Morgan fingerprint density at radius 2 is 1.93 bits per heavy atom. The predicted molar refractivity (Wildman–Crippen MR) is 100 cm³/mol. The van der Waals surface area contributed by atoms with Crippen LogP contribution in [0.1, 0.15) is 36.7 Å². The smallest absolute Gasteiger partial charge is 0.681 e. The summed E-state index contributed by atoms with van der Waals surface area (Å²) in [6.07, 6.45) is -1.32. The van der Waals surface area contributed by atoms with Crippen molar-refractivity contribution in [2.45, 2.75) is 32.9 Å². The molecule has 0 heterocycles. The number of carbonyl (C=O) groups is 2. The van der Waals surface area contributed by atoms with Gasteiger partial charge in [-0.05, 0) is 12.1 Å². The molecule has 3 N–H and O–H groups in total. The number of phenolic OH excluding ortho intramolecular Hbond substituents is 1. The number of amides is 1. The fourth-order valence-corrected chi connectivity index (χ4v) is 2.41. The number of rotatable bonds is 6. The zero-order valence-corrected chi connectivity index (χ0v) is 16.9. The third kappa shape index (κ3) is 4.51. The summed E-state index contributed by atoms with van der Waals surface area (Å²) >= 11 is 0. The van der Waals surface area contributed by atoms with Crippen molar-refractivity contribution in [2.75, 3.05) is 19.4 Å². The Bertz CT molecular complexity index is 858. The molecule has 1 aromatic rings. The molecule has 2 rings (SSSR count). The summed E-state index contributed by atoms with van der Waals surface area (Å²) in [5, 5.41) is 36.7. The summed E-state index contributed by atoms with van der Waals surface area (Å²) in [6.45, 7) is 5.80. The Labute approximate surface area is 176 Å². The Hall–Kier alpha value is -2.45. The average Bonchev–Trinajstić information content (AvgIpc) is 2.64. The molecule has 0 saturated carbocycles. The second-order valence-electron chi connectivity index (χ2n) is 7.00. The maximum absolute atomic E-state index is 12.2. The van der Waals surface area contributed by atoms with Crippen molar-refractivity contribution in [1.82, 2.24) is 4.90 Å². The van der Waals surface area contributed by atoms with Crippen LogP contribution in [-0.2, 0) is 4.79 Å². The number of aliphatic hydroxyl groups excluding tert-OH is 1. The largest absolute Gasteiger partial charge is 1.00 e. The number of anilines is 1. The summed E-state index contributed by atoms with van der Waals surface area (Å²) in [5.74, 6) is -1.22. The van der Waals surface area contributed by atoms with E-state index in [0.717, 1.165) is 0 Å². The van der Waals surface area contributed by atoms with Gasteiger partial charge in [-0.15, -0.1) is 6.04 Å². The molecule has 1 amide bonds. The van der Waals surface area contributed by atoms with E-state index in [9.17, 15) is 25.1 Å². The molecule has 0 unspecified atom stereocenters. The van der Waals surface area contributed by atoms with Crippen molar-refractivity contribution in [1.29, 1.82) is 5.26 Å². The fourth-order valence-electron chi connectivity index (χ4n) is 2.41. The maximum atomic E-state index is 12.2. The van der Waals surface area contributed by atoms with Crippen molar-refractivity contribution in [3.8, 4) is 11.8 Å². The Kier molecular flexibility index (Phi) is 7.72. The molecule has 0 spiro atoms. The predicted octanol–water partition coefficient (Wildman–Crippen LogP) is -1.05. The number of hydrogen-bond acceptors (Lipinski definition) is 6. The first kappa shape index (κ1) is 23.6. The summed E-state index contributed by atoms with van der Waals surface area (Å²) in [6, 6.07) is 4.41. The average molecular weight is 378 g/mol. The SMILES string of the molecule is CC(C)[C@H](C)[N-]C1=C(Nc2cc(C#N)cc(C(=O)N(C)C)c2O)C(=O)[C@H]1O.[Li+]. The second kappa shape index (κ2) is 9.16. The van der Waals surface area contributed by atoms with Crippen LogP contribution in [0.2, 0.25) is 0 Å². The first-order valence-corrected chi connectivity index (χ1v) is 8.51. The minimum Gasteiger partial charge on any atom is -0.681 e. The summed E-state index contributed by atoms with van der Waals surface area (Å²) in [4.78, 5) is 25.6. The normalized spacial score (nSPS) is 16.6. The van der Waals surface area contributed by atoms with Gasteiger partial charge < -0.3 is 25.7 Å². The van der Waals surface area contributed by atoms with Gasteiger partial charge in [0.15, 0.2) is 5.75 Å². The van der Waals surface area contributed by atoms with Gasteiger partial charge >= 0.3 is 18.9 Å². The fraction of sp³-hybridized carbons (Fsp3) is 0.421. The molecule has 1 aliphatic carbocycles. The Morgan fingerprint density at radius 3 is 2.43 bits per heavy atom. The van der Waals surface area contributed by atoms with Gasteiger partial charge in [0, 0.05) is 14.1 Å². The van der Waals surface area contributed by atoms with E-state index in [1.807, 2.05) is 26.8 Å². The number of aliphatic hydroxyl groups is 1. The molecule has 1 aromatic carbocycles. The topological polar surface area (TPSA) is 128 Å². The first-order chi connectivity index (χ1) is 12.6. The van der Waals surface area contributed by atoms with Gasteiger partial charge in [-0.25, -0.2) is 0 Å². The quantitative estimate of drug-likeness (QED) is 0.428. The molecule has 0 bridgehead atoms. The molecule has 9 heteroatoms. The van der Waals surface area contributed by atoms with E-state index in [0.29, 0.717) is 0 Å². The number of nitriles is 1. The summed E-state index contributed by atoms with van der Waals surface area (Å²) in [7, 11) is 3.04. The number of aromatic hydroxyl groups is 1. The molecule has 0 saturated heterocycles. The van der Waals surface area contributed by atoms with Crippen molar-refractivity contribution in [3.05, 3.63) is 40.0 Å². The van der Waals surface area contributed by atoms with Crippen LogP contribution in [0.15, 0.2) is 23.5 Å². The molecule has 144 valence electrons. The van der Waals surface area contributed by atoms with Crippen molar-refractivity contribution in [3.63, 3.8) is 0 Å². The number of phenols is 1. The van der Waals surface area contributed by atoms with Gasteiger partial charge in [-0.3, -0.25) is 9.59 Å². The maximum Gasteiger partial charge on any atom is 1.00 e. The summed E-state index contributed by atoms with van der Waals surface area (Å²) in [5.41, 5.74) is 0.345. The minimum absolute atomic E-state index is 0. The monoisotopic (exact) mass is 378 g/mol. The van der Waals surface area contributed by atoms with Crippen molar-refractivity contribution in [2.24, 2.45) is 5.92 Å². The molecule has 28 heavy (non-hydrogen) atoms. The van der Waals surface area contributed by atoms with Crippen molar-refractivity contribution < 1.29 is 38.7 Å². The van der Waals surface area contributed by atoms with E-state index in [4.69, 9.17) is 0 Å². The van der Waals surface area contributed by atoms with Crippen LogP contribution in [0.3, 0.4) is 0 Å². The Balaban J connectivity index is 0.00000392. The van der Waals surface area contributed by atoms with Gasteiger partial charge in [0.1, 0.15) is 6.10 Å². The zero-order valence-electron chi connectivity index (χ0n) is 16.9. The first-order valence-electron chi connectivity index (χ1n) is 8.51. The van der Waals surface area contributed by atoms with Crippen LogP contribution >= 0.6 is 0 Å². The van der Waals surface area contributed by atoms with E-state index in [1.165, 1.54) is 31.1 Å². The number of carbonyl (C=O) groups excluding carboxylic acids is 2. The number of nitrogens with one attached hydrogen (secondary N) is 1. The molecule has 0 fully saturated rings. The van der Waals surface area contributed by atoms with E-state index in [1.54, 1.807) is 0 Å². The molecule has 0 aliphatic heterocycles. The molecular formula is C19H23LiN4O4. The third-order valence-corrected chi connectivity index (χ3v) is 4.45. The molecule has 1 aliphatic rings. The van der Waals surface area contributed by atoms with Crippen LogP contribution in [-0.4, -0.2) is 53.0 Å². The third-order valence-electron chi connectivity index (χ3n) is 4.45. The van der Waals surface area contributed by atoms with Gasteiger partial charge in [-0.2, -0.15) is 5.26 Å². The number of ketones is 1. The second-order valence-corrected chi connectivity index (χ2v) is 7.00. The van der Waals surface area contributed by atoms with Gasteiger partial charge in [0.05, 0.1) is 28.6 Å². The van der Waals surface area contributed by atoms with E-state index < -0.39 is 17.8 Å². The number of Topliss-reactive ketones (excluding diaryl/α,β-unsaturated/α-hetero) is 1. The summed E-state index contributed by atoms with van der Waals surface area (Å²) < 4.78 is 0. The molecule has 0 aromatic heterocycles. The van der Waals surface area contributed by atoms with E-state index in [2.05, 4.69) is 10.6 Å². The van der Waals surface area contributed by atoms with Gasteiger partial charge in [0.25, 0.3) is 5.91 Å². The van der Waals surface area contributed by atoms with Crippen LogP contribution in [0.25, 0.3) is 5.32 Å². The van der Waals surface area contributed by atoms with Crippen LogP contribution in [0, 0.1) is 17.2 Å². The number of benzene rings is 1. The standard InChI is InChI=1S/C19H24N4O4.Li/c1-9(2)10(3)21-14-15(18(26)17(14)25)22-13-7-11(8-20)6-12(16(13)24)19(27)23(4)5;/h6-7,9-10,17,22,25H,1-5H3,(H2,21,24,26,27);/q;+1/p-1/t10-,17-;/m0./s1. The molecule has 2 atom stereocenters. The van der Waals surface area contributed by atoms with Crippen LogP contribution < -0.4 is 24.2 Å². The Morgan fingerprint density at radius 1 is 1.32 bits per heavy atom. The van der Waals surface area contributed by atoms with Gasteiger partial charge in [0.2, 0.25) is 5.78 Å². The molecule has 0 radical (unpaired) electrons. The molecular weight excluding hydrogens is 355 g/mol. The molecule has 8 nitrogen and oxygen atoms in total. The van der Waals surface area contributed by atoms with Crippen molar-refractivity contribution >= 4 is 17.4 Å². The zero-order chi connectivity index (χ0) is 20.5. The van der Waals surface area contributed by atoms with E-state index >= 15 is 0 Å². The van der Waals surface area contributed by atoms with Crippen LogP contribution in [0.5, 0.6) is 5.75 Å². The minimum atomic E-state index is -1.32. The number of hydrogen-bond donors (Lipinski definition) is 3. The van der Waals surface area contributed by atoms with Crippen LogP contribution in [0.4, 0.5) is 5.69 Å². The number of nitrogens with zero attached hydrogens (tertiary/aromatic N) is 3. The van der Waals surface area contributed by atoms with Gasteiger partial charge in [-0.1, -0.05) is 32.4 Å².